The zero-order valence-electron chi connectivity index (χ0n) is 18.3. The molecule has 34 heavy (non-hydrogen) atoms. The SMILES string of the molecule is COc1ccc(C(=O)N2CCc3ccc(CNC(=O)Nc4cccc(C(F)(F)F)c4)cc32)cc1. The van der Waals surface area contributed by atoms with Crippen LogP contribution in [0.25, 0.3) is 0 Å². The lowest BCUT2D eigenvalue weighted by atomic mass is 10.1. The van der Waals surface area contributed by atoms with Crippen molar-refractivity contribution in [1.29, 1.82) is 0 Å². The summed E-state index contributed by atoms with van der Waals surface area (Å²) in [5.74, 6) is 0.531. The smallest absolute Gasteiger partial charge is 0.416 e. The summed E-state index contributed by atoms with van der Waals surface area (Å²) < 4.78 is 43.7. The van der Waals surface area contributed by atoms with Gasteiger partial charge in [-0.25, -0.2) is 4.79 Å². The summed E-state index contributed by atoms with van der Waals surface area (Å²) in [6, 6.07) is 16.3. The third kappa shape index (κ3) is 5.14. The molecule has 0 aromatic heterocycles. The van der Waals surface area contributed by atoms with Gasteiger partial charge in [0.25, 0.3) is 5.91 Å². The van der Waals surface area contributed by atoms with Gasteiger partial charge in [0, 0.05) is 30.0 Å². The Labute approximate surface area is 194 Å². The average Bonchev–Trinajstić information content (AvgIpc) is 3.25. The highest BCUT2D eigenvalue weighted by Gasteiger charge is 2.30. The second-order valence-electron chi connectivity index (χ2n) is 7.78. The largest absolute Gasteiger partial charge is 0.497 e. The Balaban J connectivity index is 1.41. The fraction of sp³-hybridized carbons (Fsp3) is 0.200. The predicted molar refractivity (Wildman–Crippen MR) is 122 cm³/mol. The second kappa shape index (κ2) is 9.46. The Kier molecular flexibility index (Phi) is 6.45. The molecule has 0 spiro atoms. The Hall–Kier alpha value is -4.01. The minimum Gasteiger partial charge on any atom is -0.497 e. The number of ether oxygens (including phenoxy) is 1. The van der Waals surface area contributed by atoms with Crippen LogP contribution in [0.2, 0.25) is 0 Å². The van der Waals surface area contributed by atoms with E-state index in [0.29, 0.717) is 17.9 Å². The van der Waals surface area contributed by atoms with E-state index in [1.54, 1.807) is 36.3 Å². The zero-order valence-corrected chi connectivity index (χ0v) is 18.3. The molecule has 0 saturated carbocycles. The number of nitrogens with one attached hydrogen (secondary N) is 2. The van der Waals surface area contributed by atoms with Crippen LogP contribution in [0.5, 0.6) is 5.75 Å². The Bertz CT molecular complexity index is 1210. The van der Waals surface area contributed by atoms with Crippen LogP contribution < -0.4 is 20.3 Å². The molecule has 6 nitrogen and oxygen atoms in total. The van der Waals surface area contributed by atoms with Crippen LogP contribution in [0.15, 0.2) is 66.7 Å². The number of anilines is 2. The second-order valence-corrected chi connectivity index (χ2v) is 7.78. The number of fused-ring (bicyclic) bond motifs is 1. The quantitative estimate of drug-likeness (QED) is 0.537. The van der Waals surface area contributed by atoms with Crippen LogP contribution in [0.3, 0.4) is 0 Å². The van der Waals surface area contributed by atoms with E-state index in [0.717, 1.165) is 35.4 Å². The van der Waals surface area contributed by atoms with Gasteiger partial charge in [0.05, 0.1) is 12.7 Å². The van der Waals surface area contributed by atoms with E-state index in [-0.39, 0.29) is 18.1 Å². The molecule has 3 amide bonds. The summed E-state index contributed by atoms with van der Waals surface area (Å²) in [5, 5.41) is 5.05. The number of benzene rings is 3. The summed E-state index contributed by atoms with van der Waals surface area (Å²) in [6.07, 6.45) is -3.77. The number of hydrogen-bond acceptors (Lipinski definition) is 3. The summed E-state index contributed by atoms with van der Waals surface area (Å²) in [7, 11) is 1.56. The van der Waals surface area contributed by atoms with E-state index in [2.05, 4.69) is 10.6 Å². The van der Waals surface area contributed by atoms with Gasteiger partial charge in [0.2, 0.25) is 0 Å². The molecule has 0 bridgehead atoms. The van der Waals surface area contributed by atoms with Crippen molar-refractivity contribution >= 4 is 23.3 Å². The maximum absolute atomic E-state index is 13.0. The van der Waals surface area contributed by atoms with Gasteiger partial charge in [-0.15, -0.1) is 0 Å². The number of rotatable bonds is 5. The minimum atomic E-state index is -4.49. The molecular formula is C25H22F3N3O3. The third-order valence-corrected chi connectivity index (χ3v) is 5.53. The molecule has 0 fully saturated rings. The molecule has 1 aliphatic rings. The van der Waals surface area contributed by atoms with Crippen molar-refractivity contribution in [3.05, 3.63) is 89.0 Å². The lowest BCUT2D eigenvalue weighted by Crippen LogP contribution is -2.29. The fourth-order valence-electron chi connectivity index (χ4n) is 3.77. The van der Waals surface area contributed by atoms with Crippen LogP contribution >= 0.6 is 0 Å². The molecule has 0 radical (unpaired) electrons. The number of halogens is 3. The average molecular weight is 469 g/mol. The summed E-state index contributed by atoms with van der Waals surface area (Å²) in [4.78, 5) is 26.9. The van der Waals surface area contributed by atoms with E-state index in [9.17, 15) is 22.8 Å². The molecule has 3 aromatic carbocycles. The van der Waals surface area contributed by atoms with E-state index < -0.39 is 17.8 Å². The first-order valence-electron chi connectivity index (χ1n) is 10.5. The third-order valence-electron chi connectivity index (χ3n) is 5.53. The van der Waals surface area contributed by atoms with E-state index >= 15 is 0 Å². The number of hydrogen-bond donors (Lipinski definition) is 2. The van der Waals surface area contributed by atoms with Crippen molar-refractivity contribution < 1.29 is 27.5 Å². The molecular weight excluding hydrogens is 447 g/mol. The molecule has 9 heteroatoms. The summed E-state index contributed by atoms with van der Waals surface area (Å²) in [6.45, 7) is 0.690. The highest BCUT2D eigenvalue weighted by molar-refractivity contribution is 6.07. The molecule has 1 aliphatic heterocycles. The highest BCUT2D eigenvalue weighted by atomic mass is 19.4. The molecule has 2 N–H and O–H groups in total. The molecule has 176 valence electrons. The molecule has 3 aromatic rings. The van der Waals surface area contributed by atoms with E-state index in [1.165, 1.54) is 12.1 Å². The van der Waals surface area contributed by atoms with Crippen LogP contribution in [-0.4, -0.2) is 25.6 Å². The molecule has 0 aliphatic carbocycles. The van der Waals surface area contributed by atoms with Gasteiger partial charge in [-0.3, -0.25) is 4.79 Å². The molecule has 0 unspecified atom stereocenters. The number of alkyl halides is 3. The van der Waals surface area contributed by atoms with E-state index in [4.69, 9.17) is 4.74 Å². The van der Waals surface area contributed by atoms with Crippen molar-refractivity contribution in [3.8, 4) is 5.75 Å². The monoisotopic (exact) mass is 469 g/mol. The number of nitrogens with zero attached hydrogens (tertiary/aromatic N) is 1. The Morgan fingerprint density at radius 3 is 2.50 bits per heavy atom. The highest BCUT2D eigenvalue weighted by Crippen LogP contribution is 2.32. The first-order chi connectivity index (χ1) is 16.2. The van der Waals surface area contributed by atoms with Crippen LogP contribution in [0, 0.1) is 0 Å². The van der Waals surface area contributed by atoms with Gasteiger partial charge >= 0.3 is 12.2 Å². The van der Waals surface area contributed by atoms with Crippen LogP contribution in [0.4, 0.5) is 29.3 Å². The van der Waals surface area contributed by atoms with Gasteiger partial charge < -0.3 is 20.3 Å². The number of methoxy groups -OCH3 is 1. The van der Waals surface area contributed by atoms with Gasteiger partial charge in [-0.2, -0.15) is 13.2 Å². The Morgan fingerprint density at radius 1 is 1.03 bits per heavy atom. The zero-order chi connectivity index (χ0) is 24.3. The van der Waals surface area contributed by atoms with Crippen molar-refractivity contribution in [2.45, 2.75) is 19.1 Å². The van der Waals surface area contributed by atoms with Gasteiger partial charge in [0.1, 0.15) is 5.75 Å². The normalized spacial score (nSPS) is 12.8. The predicted octanol–water partition coefficient (Wildman–Crippen LogP) is 5.24. The summed E-state index contributed by atoms with van der Waals surface area (Å²) in [5.41, 5.74) is 2.30. The standard InChI is InChI=1S/C25H22F3N3O3/c1-34-21-9-7-18(8-10-21)23(32)31-12-11-17-6-5-16(13-22(17)31)15-29-24(33)30-20-4-2-3-19(14-20)25(26,27)28/h2-10,13-14H,11-12,15H2,1H3,(H2,29,30,33). The first kappa shape index (κ1) is 23.2. The van der Waals surface area contributed by atoms with Gasteiger partial charge in [0.15, 0.2) is 0 Å². The summed E-state index contributed by atoms with van der Waals surface area (Å²) >= 11 is 0. The molecule has 4 rings (SSSR count). The van der Waals surface area contributed by atoms with Crippen LogP contribution in [0.1, 0.15) is 27.0 Å². The lowest BCUT2D eigenvalue weighted by Gasteiger charge is -2.18. The first-order valence-corrected chi connectivity index (χ1v) is 10.5. The fourth-order valence-corrected chi connectivity index (χ4v) is 3.77. The number of carbonyl (C=O) groups is 2. The van der Waals surface area contributed by atoms with Crippen molar-refractivity contribution in [1.82, 2.24) is 5.32 Å². The molecule has 1 heterocycles. The topological polar surface area (TPSA) is 70.7 Å². The van der Waals surface area contributed by atoms with Gasteiger partial charge in [-0.1, -0.05) is 18.2 Å². The molecule has 0 atom stereocenters. The molecule has 0 saturated heterocycles. The Morgan fingerprint density at radius 2 is 1.79 bits per heavy atom. The van der Waals surface area contributed by atoms with Crippen LogP contribution in [-0.2, 0) is 19.1 Å². The number of amides is 3. The lowest BCUT2D eigenvalue weighted by molar-refractivity contribution is -0.137. The van der Waals surface area contributed by atoms with Crippen molar-refractivity contribution in [3.63, 3.8) is 0 Å². The van der Waals surface area contributed by atoms with Crippen molar-refractivity contribution in [2.24, 2.45) is 0 Å². The van der Waals surface area contributed by atoms with E-state index in [1.807, 2.05) is 18.2 Å². The van der Waals surface area contributed by atoms with Gasteiger partial charge in [-0.05, 0) is 66.1 Å². The number of urea groups is 1. The minimum absolute atomic E-state index is 0.0394. The number of carbonyl (C=O) groups excluding carboxylic acids is 2. The van der Waals surface area contributed by atoms with Crippen molar-refractivity contribution in [2.75, 3.05) is 23.9 Å². The maximum atomic E-state index is 13.0. The maximum Gasteiger partial charge on any atom is 0.416 e.